The van der Waals surface area contributed by atoms with Gasteiger partial charge < -0.3 is 21.2 Å². The number of nitrogens with one attached hydrogen (secondary N) is 1. The lowest BCUT2D eigenvalue weighted by atomic mass is 10.0. The Hall–Kier alpha value is -0.810. The third-order valence-corrected chi connectivity index (χ3v) is 2.89. The SMILES string of the molecule is CCC(CC(N)=NO)NC(CC(C)C)CN(C)C. The molecule has 0 saturated heterocycles. The highest BCUT2D eigenvalue weighted by Crippen LogP contribution is 2.09. The Morgan fingerprint density at radius 2 is 1.94 bits per heavy atom. The third kappa shape index (κ3) is 8.31. The van der Waals surface area contributed by atoms with Crippen molar-refractivity contribution in [3.63, 3.8) is 0 Å². The number of likely N-dealkylation sites (N-methyl/N-ethyl adjacent to an activating group) is 1. The van der Waals surface area contributed by atoms with Crippen LogP contribution in [-0.2, 0) is 0 Å². The second kappa shape index (κ2) is 9.16. The molecule has 0 aromatic rings. The summed E-state index contributed by atoms with van der Waals surface area (Å²) >= 11 is 0. The zero-order valence-electron chi connectivity index (χ0n) is 12.5. The molecule has 4 N–H and O–H groups in total. The number of oxime groups is 1. The molecule has 18 heavy (non-hydrogen) atoms. The zero-order valence-corrected chi connectivity index (χ0v) is 12.5. The standard InChI is InChI=1S/C13H30N4O/c1-6-11(8-13(14)16-18)15-12(7-10(2)3)9-17(4)5/h10-12,15,18H,6-9H2,1-5H3,(H2,14,16). The molecule has 0 amide bonds. The second-order valence-corrected chi connectivity index (χ2v) is 5.66. The van der Waals surface area contributed by atoms with Gasteiger partial charge in [-0.25, -0.2) is 0 Å². The van der Waals surface area contributed by atoms with Gasteiger partial charge in [0.1, 0.15) is 5.84 Å². The molecule has 0 radical (unpaired) electrons. The van der Waals surface area contributed by atoms with E-state index >= 15 is 0 Å². The second-order valence-electron chi connectivity index (χ2n) is 5.66. The van der Waals surface area contributed by atoms with Crippen molar-refractivity contribution < 1.29 is 5.21 Å². The van der Waals surface area contributed by atoms with Crippen molar-refractivity contribution in [1.82, 2.24) is 10.2 Å². The maximum atomic E-state index is 8.63. The fourth-order valence-electron chi connectivity index (χ4n) is 2.15. The van der Waals surface area contributed by atoms with Crippen LogP contribution in [0.3, 0.4) is 0 Å². The van der Waals surface area contributed by atoms with E-state index in [1.807, 2.05) is 0 Å². The van der Waals surface area contributed by atoms with Crippen LogP contribution in [0, 0.1) is 5.92 Å². The summed E-state index contributed by atoms with van der Waals surface area (Å²) in [6.45, 7) is 7.58. The van der Waals surface area contributed by atoms with Gasteiger partial charge in [-0.15, -0.1) is 0 Å². The van der Waals surface area contributed by atoms with Gasteiger partial charge in [0.05, 0.1) is 0 Å². The van der Waals surface area contributed by atoms with Crippen molar-refractivity contribution in [2.24, 2.45) is 16.8 Å². The smallest absolute Gasteiger partial charge is 0.140 e. The minimum Gasteiger partial charge on any atom is -0.409 e. The summed E-state index contributed by atoms with van der Waals surface area (Å²) in [5, 5.41) is 15.3. The lowest BCUT2D eigenvalue weighted by Gasteiger charge is -2.28. The Labute approximate surface area is 111 Å². The van der Waals surface area contributed by atoms with Crippen molar-refractivity contribution in [1.29, 1.82) is 0 Å². The molecule has 0 aliphatic heterocycles. The summed E-state index contributed by atoms with van der Waals surface area (Å²) in [5.74, 6) is 0.950. The molecule has 0 bridgehead atoms. The molecule has 2 atom stereocenters. The topological polar surface area (TPSA) is 73.9 Å². The van der Waals surface area contributed by atoms with E-state index in [4.69, 9.17) is 10.9 Å². The highest BCUT2D eigenvalue weighted by Gasteiger charge is 2.17. The van der Waals surface area contributed by atoms with Crippen LogP contribution in [0.1, 0.15) is 40.0 Å². The number of hydrogen-bond acceptors (Lipinski definition) is 4. The summed E-state index contributed by atoms with van der Waals surface area (Å²) in [6, 6.07) is 0.709. The zero-order chi connectivity index (χ0) is 14.1. The van der Waals surface area contributed by atoms with E-state index in [1.165, 1.54) is 0 Å². The van der Waals surface area contributed by atoms with Gasteiger partial charge in [0.15, 0.2) is 0 Å². The summed E-state index contributed by atoms with van der Waals surface area (Å²) in [5.41, 5.74) is 5.58. The first-order chi connectivity index (χ1) is 8.38. The lowest BCUT2D eigenvalue weighted by Crippen LogP contribution is -2.45. The number of nitrogens with zero attached hydrogens (tertiary/aromatic N) is 2. The van der Waals surface area contributed by atoms with Gasteiger partial charge in [-0.05, 0) is 32.9 Å². The van der Waals surface area contributed by atoms with Crippen LogP contribution in [0.5, 0.6) is 0 Å². The highest BCUT2D eigenvalue weighted by molar-refractivity contribution is 5.80. The Morgan fingerprint density at radius 3 is 2.33 bits per heavy atom. The molecule has 0 aromatic carbocycles. The molecular formula is C13H30N4O. The molecule has 0 heterocycles. The van der Waals surface area contributed by atoms with Gasteiger partial charge in [-0.2, -0.15) is 0 Å². The first-order valence-electron chi connectivity index (χ1n) is 6.76. The van der Waals surface area contributed by atoms with E-state index in [2.05, 4.69) is 50.2 Å². The Kier molecular flexibility index (Phi) is 8.75. The monoisotopic (exact) mass is 258 g/mol. The fraction of sp³-hybridized carbons (Fsp3) is 0.923. The summed E-state index contributed by atoms with van der Waals surface area (Å²) in [6.07, 6.45) is 2.69. The summed E-state index contributed by atoms with van der Waals surface area (Å²) < 4.78 is 0. The van der Waals surface area contributed by atoms with Gasteiger partial charge in [-0.1, -0.05) is 25.9 Å². The van der Waals surface area contributed by atoms with E-state index in [1.54, 1.807) is 0 Å². The van der Waals surface area contributed by atoms with E-state index in [-0.39, 0.29) is 6.04 Å². The molecule has 108 valence electrons. The minimum absolute atomic E-state index is 0.268. The Balaban J connectivity index is 4.41. The molecular weight excluding hydrogens is 228 g/mol. The van der Waals surface area contributed by atoms with Gasteiger partial charge in [-0.3, -0.25) is 0 Å². The molecule has 0 spiro atoms. The van der Waals surface area contributed by atoms with Crippen LogP contribution >= 0.6 is 0 Å². The number of rotatable bonds is 9. The van der Waals surface area contributed by atoms with Crippen molar-refractivity contribution in [3.05, 3.63) is 0 Å². The molecule has 0 saturated carbocycles. The molecule has 0 aliphatic carbocycles. The molecule has 0 aliphatic rings. The maximum Gasteiger partial charge on any atom is 0.140 e. The van der Waals surface area contributed by atoms with Crippen LogP contribution in [0.2, 0.25) is 0 Å². The van der Waals surface area contributed by atoms with Crippen molar-refractivity contribution >= 4 is 5.84 Å². The van der Waals surface area contributed by atoms with Crippen LogP contribution in [0.25, 0.3) is 0 Å². The van der Waals surface area contributed by atoms with E-state index in [0.717, 1.165) is 19.4 Å². The minimum atomic E-state index is 0.268. The Bertz CT molecular complexity index is 231. The van der Waals surface area contributed by atoms with Gasteiger partial charge in [0.2, 0.25) is 0 Å². The molecule has 0 fully saturated rings. The fourth-order valence-corrected chi connectivity index (χ4v) is 2.15. The molecule has 5 nitrogen and oxygen atoms in total. The predicted molar refractivity (Wildman–Crippen MR) is 77.0 cm³/mol. The van der Waals surface area contributed by atoms with Gasteiger partial charge >= 0.3 is 0 Å². The van der Waals surface area contributed by atoms with E-state index in [0.29, 0.717) is 24.2 Å². The largest absolute Gasteiger partial charge is 0.409 e. The van der Waals surface area contributed by atoms with Crippen molar-refractivity contribution in [2.75, 3.05) is 20.6 Å². The molecule has 5 heteroatoms. The summed E-state index contributed by atoms with van der Waals surface area (Å²) in [4.78, 5) is 2.19. The molecule has 2 unspecified atom stereocenters. The molecule has 0 rings (SSSR count). The van der Waals surface area contributed by atoms with E-state index in [9.17, 15) is 0 Å². The normalized spacial score (nSPS) is 16.3. The van der Waals surface area contributed by atoms with Gasteiger partial charge in [0, 0.05) is 25.0 Å². The quantitative estimate of drug-likeness (QED) is 0.253. The number of nitrogens with two attached hydrogens (primary N) is 1. The third-order valence-electron chi connectivity index (χ3n) is 2.89. The van der Waals surface area contributed by atoms with Crippen LogP contribution in [0.4, 0.5) is 0 Å². The Morgan fingerprint density at radius 1 is 1.33 bits per heavy atom. The first kappa shape index (κ1) is 17.2. The van der Waals surface area contributed by atoms with Crippen LogP contribution in [-0.4, -0.2) is 48.7 Å². The number of amidine groups is 1. The van der Waals surface area contributed by atoms with Crippen molar-refractivity contribution in [3.8, 4) is 0 Å². The first-order valence-corrected chi connectivity index (χ1v) is 6.76. The predicted octanol–water partition coefficient (Wildman–Crippen LogP) is 1.47. The average molecular weight is 258 g/mol. The maximum absolute atomic E-state index is 8.63. The van der Waals surface area contributed by atoms with E-state index < -0.39 is 0 Å². The lowest BCUT2D eigenvalue weighted by molar-refractivity contribution is 0.281. The van der Waals surface area contributed by atoms with Crippen molar-refractivity contribution in [2.45, 2.75) is 52.1 Å². The van der Waals surface area contributed by atoms with Crippen LogP contribution in [0.15, 0.2) is 5.16 Å². The van der Waals surface area contributed by atoms with Gasteiger partial charge in [0.25, 0.3) is 0 Å². The average Bonchev–Trinajstić information content (AvgIpc) is 2.25. The van der Waals surface area contributed by atoms with Crippen LogP contribution < -0.4 is 11.1 Å². The number of hydrogen-bond donors (Lipinski definition) is 3. The molecule has 0 aromatic heterocycles. The highest BCUT2D eigenvalue weighted by atomic mass is 16.4. The summed E-state index contributed by atoms with van der Waals surface area (Å²) in [7, 11) is 4.17.